The summed E-state index contributed by atoms with van der Waals surface area (Å²) in [6, 6.07) is 4.20. The molecule has 1 aliphatic rings. The molecule has 0 spiro atoms. The van der Waals surface area contributed by atoms with Crippen molar-refractivity contribution in [3.05, 3.63) is 24.5 Å². The Morgan fingerprint density at radius 1 is 1.54 bits per heavy atom. The lowest BCUT2D eigenvalue weighted by Crippen LogP contribution is -2.34. The Labute approximate surface area is 76.9 Å². The van der Waals surface area contributed by atoms with E-state index in [1.54, 1.807) is 0 Å². The molecule has 1 unspecified atom stereocenters. The number of hydrogen-bond donors (Lipinski definition) is 2. The van der Waals surface area contributed by atoms with Gasteiger partial charge in [0.2, 0.25) is 5.91 Å². The van der Waals surface area contributed by atoms with Crippen LogP contribution in [0, 0.1) is 0 Å². The molecule has 2 N–H and O–H groups in total. The molecule has 0 radical (unpaired) electrons. The first kappa shape index (κ1) is 8.16. The van der Waals surface area contributed by atoms with Crippen LogP contribution < -0.4 is 10.7 Å². The summed E-state index contributed by atoms with van der Waals surface area (Å²) in [6.07, 6.45) is 5.48. The highest BCUT2D eigenvalue weighted by atomic mass is 16.1. The molecule has 0 aromatic carbocycles. The number of nitrogens with zero attached hydrogens (tertiary/aromatic N) is 1. The Morgan fingerprint density at radius 3 is 2.92 bits per heavy atom. The highest BCUT2D eigenvalue weighted by molar-refractivity contribution is 5.78. The van der Waals surface area contributed by atoms with Crippen LogP contribution in [0.25, 0.3) is 0 Å². The van der Waals surface area contributed by atoms with Gasteiger partial charge in [0.1, 0.15) is 0 Å². The summed E-state index contributed by atoms with van der Waals surface area (Å²) in [4.78, 5) is 10.9. The maximum atomic E-state index is 10.9. The van der Waals surface area contributed by atoms with Gasteiger partial charge < -0.3 is 10.7 Å². The number of nitrogens with one attached hydrogen (secondary N) is 2. The van der Waals surface area contributed by atoms with E-state index >= 15 is 0 Å². The second kappa shape index (κ2) is 3.51. The van der Waals surface area contributed by atoms with Crippen LogP contribution in [-0.4, -0.2) is 23.2 Å². The van der Waals surface area contributed by atoms with E-state index in [1.165, 1.54) is 0 Å². The number of carbonyl (C=O) groups excluding carboxylic acids is 1. The van der Waals surface area contributed by atoms with Gasteiger partial charge in [0, 0.05) is 24.9 Å². The Bertz CT molecular complexity index is 281. The minimum Gasteiger partial charge on any atom is -0.352 e. The van der Waals surface area contributed by atoms with E-state index < -0.39 is 0 Å². The molecular formula is C9H13N3O. The van der Waals surface area contributed by atoms with Gasteiger partial charge in [-0.05, 0) is 18.6 Å². The van der Waals surface area contributed by atoms with Crippen LogP contribution in [0.5, 0.6) is 0 Å². The fourth-order valence-corrected chi connectivity index (χ4v) is 1.49. The molecule has 4 heteroatoms. The van der Waals surface area contributed by atoms with Gasteiger partial charge in [-0.15, -0.1) is 0 Å². The van der Waals surface area contributed by atoms with Crippen molar-refractivity contribution in [1.29, 1.82) is 0 Å². The zero-order chi connectivity index (χ0) is 9.10. The van der Waals surface area contributed by atoms with Crippen LogP contribution in [0.15, 0.2) is 24.5 Å². The van der Waals surface area contributed by atoms with E-state index in [0.29, 0.717) is 6.42 Å². The first-order valence-electron chi connectivity index (χ1n) is 4.51. The highest BCUT2D eigenvalue weighted by Crippen LogP contribution is 2.05. The Hall–Kier alpha value is -1.45. The summed E-state index contributed by atoms with van der Waals surface area (Å²) in [5.41, 5.74) is 3.19. The minimum absolute atomic E-state index is 0.166. The zero-order valence-corrected chi connectivity index (χ0v) is 7.36. The summed E-state index contributed by atoms with van der Waals surface area (Å²) >= 11 is 0. The van der Waals surface area contributed by atoms with Crippen molar-refractivity contribution in [1.82, 2.24) is 9.99 Å². The van der Waals surface area contributed by atoms with Crippen LogP contribution in [-0.2, 0) is 4.79 Å². The lowest BCUT2D eigenvalue weighted by Gasteiger charge is -2.12. The predicted molar refractivity (Wildman–Crippen MR) is 49.8 cm³/mol. The van der Waals surface area contributed by atoms with E-state index in [4.69, 9.17) is 0 Å². The van der Waals surface area contributed by atoms with E-state index in [9.17, 15) is 4.79 Å². The summed E-state index contributed by atoms with van der Waals surface area (Å²) in [5.74, 6) is 0.166. The molecule has 2 rings (SSSR count). The molecule has 1 saturated heterocycles. The monoisotopic (exact) mass is 179 g/mol. The smallest absolute Gasteiger partial charge is 0.220 e. The third kappa shape index (κ3) is 2.02. The van der Waals surface area contributed by atoms with Gasteiger partial charge in [0.05, 0.1) is 6.54 Å². The summed E-state index contributed by atoms with van der Waals surface area (Å²) in [7, 11) is 0. The molecule has 1 aromatic rings. The van der Waals surface area contributed by atoms with Gasteiger partial charge in [0.15, 0.2) is 0 Å². The third-order valence-corrected chi connectivity index (χ3v) is 2.21. The molecule has 13 heavy (non-hydrogen) atoms. The van der Waals surface area contributed by atoms with Crippen LogP contribution in [0.3, 0.4) is 0 Å². The van der Waals surface area contributed by atoms with Gasteiger partial charge >= 0.3 is 0 Å². The zero-order valence-electron chi connectivity index (χ0n) is 7.36. The Kier molecular flexibility index (Phi) is 2.21. The molecular weight excluding hydrogens is 166 g/mol. The van der Waals surface area contributed by atoms with Gasteiger partial charge in [-0.2, -0.15) is 0 Å². The number of carbonyl (C=O) groups is 1. The first-order valence-corrected chi connectivity index (χ1v) is 4.51. The molecule has 1 aliphatic heterocycles. The van der Waals surface area contributed by atoms with Crippen molar-refractivity contribution in [2.75, 3.05) is 12.0 Å². The number of aromatic nitrogens is 1. The number of rotatable bonds is 3. The van der Waals surface area contributed by atoms with E-state index in [2.05, 4.69) is 10.7 Å². The normalized spacial score (nSPS) is 21.5. The van der Waals surface area contributed by atoms with E-state index in [-0.39, 0.29) is 11.9 Å². The molecule has 1 amide bonds. The topological polar surface area (TPSA) is 46.1 Å². The Morgan fingerprint density at radius 2 is 2.31 bits per heavy atom. The standard InChI is InChI=1S/C9H13N3O/c13-9-4-3-8(11-9)7-10-12-5-1-2-6-12/h1-2,5-6,8,10H,3-4,7H2,(H,11,13). The second-order valence-corrected chi connectivity index (χ2v) is 3.26. The van der Waals surface area contributed by atoms with Crippen molar-refractivity contribution in [3.63, 3.8) is 0 Å². The summed E-state index contributed by atoms with van der Waals surface area (Å²) < 4.78 is 1.89. The number of hydrogen-bond acceptors (Lipinski definition) is 2. The van der Waals surface area contributed by atoms with Gasteiger partial charge in [-0.3, -0.25) is 9.47 Å². The number of amides is 1. The van der Waals surface area contributed by atoms with E-state index in [0.717, 1.165) is 13.0 Å². The SMILES string of the molecule is O=C1CCC(CNn2cccc2)N1. The molecule has 1 aromatic heterocycles. The minimum atomic E-state index is 0.166. The van der Waals surface area contributed by atoms with Gasteiger partial charge in [-0.1, -0.05) is 0 Å². The van der Waals surface area contributed by atoms with Gasteiger partial charge in [0.25, 0.3) is 0 Å². The molecule has 4 nitrogen and oxygen atoms in total. The largest absolute Gasteiger partial charge is 0.352 e. The van der Waals surface area contributed by atoms with Crippen molar-refractivity contribution in [3.8, 4) is 0 Å². The summed E-state index contributed by atoms with van der Waals surface area (Å²) in [5, 5.41) is 2.90. The van der Waals surface area contributed by atoms with Crippen LogP contribution in [0.2, 0.25) is 0 Å². The van der Waals surface area contributed by atoms with Crippen molar-refractivity contribution in [2.45, 2.75) is 18.9 Å². The lowest BCUT2D eigenvalue weighted by molar-refractivity contribution is -0.119. The maximum Gasteiger partial charge on any atom is 0.220 e. The molecule has 0 bridgehead atoms. The van der Waals surface area contributed by atoms with Gasteiger partial charge in [-0.25, -0.2) is 0 Å². The Balaban J connectivity index is 1.77. The van der Waals surface area contributed by atoms with Crippen LogP contribution in [0.4, 0.5) is 0 Å². The average molecular weight is 179 g/mol. The van der Waals surface area contributed by atoms with Crippen molar-refractivity contribution < 1.29 is 4.79 Å². The molecule has 70 valence electrons. The molecule has 0 aliphatic carbocycles. The molecule has 1 fully saturated rings. The highest BCUT2D eigenvalue weighted by Gasteiger charge is 2.19. The molecule has 0 saturated carbocycles. The maximum absolute atomic E-state index is 10.9. The predicted octanol–water partition coefficient (Wildman–Crippen LogP) is 0.310. The fourth-order valence-electron chi connectivity index (χ4n) is 1.49. The third-order valence-electron chi connectivity index (χ3n) is 2.21. The van der Waals surface area contributed by atoms with Crippen LogP contribution >= 0.6 is 0 Å². The first-order chi connectivity index (χ1) is 6.34. The lowest BCUT2D eigenvalue weighted by atomic mass is 10.2. The second-order valence-electron chi connectivity index (χ2n) is 3.26. The van der Waals surface area contributed by atoms with Crippen molar-refractivity contribution >= 4 is 5.91 Å². The fraction of sp³-hybridized carbons (Fsp3) is 0.444. The molecule has 2 heterocycles. The molecule has 1 atom stereocenters. The van der Waals surface area contributed by atoms with Crippen LogP contribution in [0.1, 0.15) is 12.8 Å². The average Bonchev–Trinajstić information content (AvgIpc) is 2.71. The quantitative estimate of drug-likeness (QED) is 0.701. The van der Waals surface area contributed by atoms with Crippen molar-refractivity contribution in [2.24, 2.45) is 0 Å². The van der Waals surface area contributed by atoms with E-state index in [1.807, 2.05) is 29.2 Å². The summed E-state index contributed by atoms with van der Waals surface area (Å²) in [6.45, 7) is 0.792.